The first-order valence-electron chi connectivity index (χ1n) is 7.82. The molecule has 1 saturated heterocycles. The van der Waals surface area contributed by atoms with E-state index >= 15 is 0 Å². The van der Waals surface area contributed by atoms with Crippen LogP contribution in [0.4, 0.5) is 5.95 Å². The summed E-state index contributed by atoms with van der Waals surface area (Å²) in [4.78, 5) is 24.7. The van der Waals surface area contributed by atoms with Crippen LogP contribution in [-0.2, 0) is 32.6 Å². The van der Waals surface area contributed by atoms with E-state index in [9.17, 15) is 13.2 Å². The molecule has 0 aromatic carbocycles. The van der Waals surface area contributed by atoms with E-state index in [1.165, 1.54) is 0 Å². The van der Waals surface area contributed by atoms with Gasteiger partial charge in [0, 0.05) is 44.4 Å². The number of ether oxygens (including phenoxy) is 1. The van der Waals surface area contributed by atoms with Crippen molar-refractivity contribution in [2.45, 2.75) is 13.0 Å². The smallest absolute Gasteiger partial charge is 0.237 e. The van der Waals surface area contributed by atoms with Crippen LogP contribution in [0.1, 0.15) is 11.3 Å². The number of sulfonamides is 1. The Bertz CT molecular complexity index is 716. The highest BCUT2D eigenvalue weighted by molar-refractivity contribution is 7.88. The summed E-state index contributed by atoms with van der Waals surface area (Å²) in [5.74, 6) is 0.459. The second kappa shape index (κ2) is 6.99. The summed E-state index contributed by atoms with van der Waals surface area (Å²) in [6, 6.07) is 0. The SMILES string of the molecule is CS(=O)(=O)NCC(=O)N1CCN(c2ncc3c(n2)CCOC3)CC1. The fourth-order valence-corrected chi connectivity index (χ4v) is 3.12. The Morgan fingerprint density at radius 1 is 1.33 bits per heavy atom. The van der Waals surface area contributed by atoms with Crippen molar-refractivity contribution in [3.63, 3.8) is 0 Å². The predicted octanol–water partition coefficient (Wildman–Crippen LogP) is -1.25. The highest BCUT2D eigenvalue weighted by Crippen LogP contribution is 2.18. The molecule has 132 valence electrons. The topological polar surface area (TPSA) is 105 Å². The molecule has 0 spiro atoms. The van der Waals surface area contributed by atoms with Crippen LogP contribution < -0.4 is 9.62 Å². The number of fused-ring (bicyclic) bond motifs is 1. The number of rotatable bonds is 4. The Kier molecular flexibility index (Phi) is 4.97. The van der Waals surface area contributed by atoms with Crippen LogP contribution in [0.5, 0.6) is 0 Å². The molecule has 1 amide bonds. The van der Waals surface area contributed by atoms with E-state index in [1.807, 2.05) is 11.1 Å². The third-order valence-corrected chi connectivity index (χ3v) is 4.75. The Morgan fingerprint density at radius 3 is 2.79 bits per heavy atom. The third-order valence-electron chi connectivity index (χ3n) is 4.08. The van der Waals surface area contributed by atoms with Crippen molar-refractivity contribution < 1.29 is 17.9 Å². The fourth-order valence-electron chi connectivity index (χ4n) is 2.73. The van der Waals surface area contributed by atoms with Gasteiger partial charge in [-0.3, -0.25) is 4.79 Å². The van der Waals surface area contributed by atoms with E-state index in [2.05, 4.69) is 14.7 Å². The van der Waals surface area contributed by atoms with E-state index in [4.69, 9.17) is 4.74 Å². The summed E-state index contributed by atoms with van der Waals surface area (Å²) in [5.41, 5.74) is 2.06. The maximum atomic E-state index is 12.0. The molecule has 0 radical (unpaired) electrons. The number of amides is 1. The van der Waals surface area contributed by atoms with Gasteiger partial charge in [0.05, 0.1) is 31.7 Å². The standard InChI is InChI=1S/C14H21N5O4S/c1-24(21,22)16-9-13(20)18-3-5-19(6-4-18)14-15-8-11-10-23-7-2-12(11)17-14/h8,16H,2-7,9-10H2,1H3. The monoisotopic (exact) mass is 355 g/mol. The lowest BCUT2D eigenvalue weighted by Gasteiger charge is -2.35. The molecule has 10 heteroatoms. The minimum absolute atomic E-state index is 0.200. The van der Waals surface area contributed by atoms with Gasteiger partial charge in [0.2, 0.25) is 21.9 Å². The third kappa shape index (κ3) is 4.19. The molecular formula is C14H21N5O4S. The average molecular weight is 355 g/mol. The van der Waals surface area contributed by atoms with Crippen molar-refractivity contribution >= 4 is 21.9 Å². The van der Waals surface area contributed by atoms with Crippen molar-refractivity contribution in [1.29, 1.82) is 0 Å². The summed E-state index contributed by atoms with van der Waals surface area (Å²) in [6.07, 6.45) is 3.64. The lowest BCUT2D eigenvalue weighted by atomic mass is 10.1. The average Bonchev–Trinajstić information content (AvgIpc) is 2.59. The molecule has 3 heterocycles. The van der Waals surface area contributed by atoms with Crippen LogP contribution in [0.2, 0.25) is 0 Å². The quantitative estimate of drug-likeness (QED) is 0.719. The summed E-state index contributed by atoms with van der Waals surface area (Å²) >= 11 is 0. The number of hydrogen-bond acceptors (Lipinski definition) is 7. The zero-order valence-electron chi connectivity index (χ0n) is 13.6. The second-order valence-electron chi connectivity index (χ2n) is 5.91. The van der Waals surface area contributed by atoms with Crippen molar-refractivity contribution in [3.05, 3.63) is 17.5 Å². The number of carbonyl (C=O) groups excluding carboxylic acids is 1. The lowest BCUT2D eigenvalue weighted by Crippen LogP contribution is -2.51. The number of nitrogens with zero attached hydrogens (tertiary/aromatic N) is 4. The number of anilines is 1. The molecule has 0 aliphatic carbocycles. The van der Waals surface area contributed by atoms with E-state index < -0.39 is 10.0 Å². The number of hydrogen-bond donors (Lipinski definition) is 1. The first kappa shape index (κ1) is 17.1. The molecular weight excluding hydrogens is 334 g/mol. The van der Waals surface area contributed by atoms with Crippen molar-refractivity contribution in [2.75, 3.05) is 50.5 Å². The normalized spacial score (nSPS) is 18.4. The molecule has 3 rings (SSSR count). The molecule has 2 aliphatic heterocycles. The van der Waals surface area contributed by atoms with Gasteiger partial charge in [-0.2, -0.15) is 0 Å². The Labute approximate surface area is 141 Å². The lowest BCUT2D eigenvalue weighted by molar-refractivity contribution is -0.130. The van der Waals surface area contributed by atoms with Gasteiger partial charge in [0.1, 0.15) is 0 Å². The molecule has 0 unspecified atom stereocenters. The van der Waals surface area contributed by atoms with Crippen LogP contribution in [0.3, 0.4) is 0 Å². The van der Waals surface area contributed by atoms with Gasteiger partial charge in [-0.25, -0.2) is 23.1 Å². The van der Waals surface area contributed by atoms with Crippen LogP contribution >= 0.6 is 0 Å². The number of nitrogens with one attached hydrogen (secondary N) is 1. The summed E-state index contributed by atoms with van der Waals surface area (Å²) < 4.78 is 29.7. The maximum absolute atomic E-state index is 12.0. The molecule has 0 saturated carbocycles. The van der Waals surface area contributed by atoms with Crippen LogP contribution in [0.15, 0.2) is 6.20 Å². The molecule has 1 fully saturated rings. The van der Waals surface area contributed by atoms with Crippen LogP contribution in [0.25, 0.3) is 0 Å². The van der Waals surface area contributed by atoms with Crippen molar-refractivity contribution in [2.24, 2.45) is 0 Å². The highest BCUT2D eigenvalue weighted by atomic mass is 32.2. The summed E-state index contributed by atoms with van der Waals surface area (Å²) in [5, 5.41) is 0. The minimum atomic E-state index is -3.36. The Morgan fingerprint density at radius 2 is 2.08 bits per heavy atom. The molecule has 24 heavy (non-hydrogen) atoms. The van der Waals surface area contributed by atoms with Gasteiger partial charge in [0.25, 0.3) is 0 Å². The second-order valence-corrected chi connectivity index (χ2v) is 7.74. The number of carbonyl (C=O) groups is 1. The molecule has 0 bridgehead atoms. The van der Waals surface area contributed by atoms with Gasteiger partial charge < -0.3 is 14.5 Å². The molecule has 0 atom stereocenters. The van der Waals surface area contributed by atoms with Crippen molar-refractivity contribution in [3.8, 4) is 0 Å². The number of aromatic nitrogens is 2. The zero-order chi connectivity index (χ0) is 17.2. The number of piperazine rings is 1. The molecule has 2 aliphatic rings. The van der Waals surface area contributed by atoms with E-state index in [0.717, 1.165) is 23.9 Å². The van der Waals surface area contributed by atoms with E-state index in [0.29, 0.717) is 45.3 Å². The molecule has 9 nitrogen and oxygen atoms in total. The van der Waals surface area contributed by atoms with Gasteiger partial charge in [-0.15, -0.1) is 0 Å². The Hall–Kier alpha value is -1.78. The largest absolute Gasteiger partial charge is 0.376 e. The van der Waals surface area contributed by atoms with Gasteiger partial charge in [-0.1, -0.05) is 0 Å². The zero-order valence-corrected chi connectivity index (χ0v) is 14.4. The Balaban J connectivity index is 1.56. The van der Waals surface area contributed by atoms with Crippen molar-refractivity contribution in [1.82, 2.24) is 19.6 Å². The van der Waals surface area contributed by atoms with Gasteiger partial charge in [-0.05, 0) is 0 Å². The van der Waals surface area contributed by atoms with Crippen LogP contribution in [0, 0.1) is 0 Å². The predicted molar refractivity (Wildman–Crippen MR) is 87.0 cm³/mol. The minimum Gasteiger partial charge on any atom is -0.376 e. The van der Waals surface area contributed by atoms with E-state index in [1.54, 1.807) is 4.90 Å². The molecule has 1 N–H and O–H groups in total. The van der Waals surface area contributed by atoms with E-state index in [-0.39, 0.29) is 12.5 Å². The summed E-state index contributed by atoms with van der Waals surface area (Å²) in [6.45, 7) is 3.33. The molecule has 1 aromatic rings. The maximum Gasteiger partial charge on any atom is 0.237 e. The molecule has 1 aromatic heterocycles. The van der Waals surface area contributed by atoms with Gasteiger partial charge in [0.15, 0.2) is 0 Å². The van der Waals surface area contributed by atoms with Gasteiger partial charge >= 0.3 is 0 Å². The van der Waals surface area contributed by atoms with Crippen LogP contribution in [-0.4, -0.2) is 74.8 Å². The summed E-state index contributed by atoms with van der Waals surface area (Å²) in [7, 11) is -3.36. The highest BCUT2D eigenvalue weighted by Gasteiger charge is 2.24. The fraction of sp³-hybridized carbons (Fsp3) is 0.643. The first-order valence-corrected chi connectivity index (χ1v) is 9.71. The first-order chi connectivity index (χ1) is 11.4.